The Morgan fingerprint density at radius 3 is 2.58 bits per heavy atom. The highest BCUT2D eigenvalue weighted by molar-refractivity contribution is 7.98. The number of benzene rings is 2. The standard InChI is InChI=1S/C24H20N4O4S/c1-14-7-6-8-15(2)19(14)28-21(29)17-9-4-5-10-18(17)27-23(28)25-26-24(27)33-13-16-11-12-32-20(16)22(30)31-3/h4-12H,13H2,1-3H3. The first-order chi connectivity index (χ1) is 16.0. The van der Waals surface area contributed by atoms with E-state index in [1.165, 1.54) is 25.1 Å². The second kappa shape index (κ2) is 8.25. The van der Waals surface area contributed by atoms with E-state index in [2.05, 4.69) is 10.2 Å². The van der Waals surface area contributed by atoms with Gasteiger partial charge in [0.1, 0.15) is 0 Å². The average molecular weight is 461 g/mol. The third kappa shape index (κ3) is 3.41. The zero-order valence-electron chi connectivity index (χ0n) is 18.2. The fourth-order valence-electron chi connectivity index (χ4n) is 4.00. The number of carbonyl (C=O) groups is 1. The summed E-state index contributed by atoms with van der Waals surface area (Å²) >= 11 is 1.40. The predicted molar refractivity (Wildman–Crippen MR) is 125 cm³/mol. The highest BCUT2D eigenvalue weighted by Crippen LogP contribution is 2.28. The minimum atomic E-state index is -0.531. The maximum atomic E-state index is 13.6. The minimum absolute atomic E-state index is 0.151. The number of thioether (sulfide) groups is 1. The Labute approximate surface area is 192 Å². The van der Waals surface area contributed by atoms with Crippen LogP contribution in [0, 0.1) is 13.8 Å². The number of para-hydroxylation sites is 2. The average Bonchev–Trinajstić information content (AvgIpc) is 3.46. The molecule has 166 valence electrons. The van der Waals surface area contributed by atoms with E-state index in [0.717, 1.165) is 16.8 Å². The van der Waals surface area contributed by atoms with Crippen LogP contribution in [0.25, 0.3) is 22.4 Å². The summed E-state index contributed by atoms with van der Waals surface area (Å²) in [6.07, 6.45) is 1.46. The van der Waals surface area contributed by atoms with Crippen molar-refractivity contribution in [2.45, 2.75) is 24.8 Å². The molecule has 0 aliphatic rings. The number of esters is 1. The van der Waals surface area contributed by atoms with E-state index in [0.29, 0.717) is 33.2 Å². The van der Waals surface area contributed by atoms with Gasteiger partial charge in [-0.3, -0.25) is 9.20 Å². The van der Waals surface area contributed by atoms with E-state index in [1.807, 2.05) is 54.6 Å². The van der Waals surface area contributed by atoms with E-state index in [-0.39, 0.29) is 11.3 Å². The Kier molecular flexibility index (Phi) is 5.26. The molecule has 0 fully saturated rings. The van der Waals surface area contributed by atoms with Crippen molar-refractivity contribution in [3.05, 3.63) is 87.6 Å². The first kappa shape index (κ1) is 21.0. The van der Waals surface area contributed by atoms with Crippen LogP contribution in [-0.4, -0.2) is 32.2 Å². The Morgan fingerprint density at radius 1 is 1.06 bits per heavy atom. The number of fused-ring (bicyclic) bond motifs is 3. The smallest absolute Gasteiger partial charge is 0.374 e. The molecule has 0 aliphatic carbocycles. The predicted octanol–water partition coefficient (Wildman–Crippen LogP) is 4.32. The number of methoxy groups -OCH3 is 1. The van der Waals surface area contributed by atoms with Gasteiger partial charge in [-0.05, 0) is 43.2 Å². The van der Waals surface area contributed by atoms with Gasteiger partial charge in [-0.2, -0.15) is 0 Å². The monoisotopic (exact) mass is 460 g/mol. The van der Waals surface area contributed by atoms with Crippen molar-refractivity contribution >= 4 is 34.4 Å². The van der Waals surface area contributed by atoms with Crippen molar-refractivity contribution in [2.75, 3.05) is 7.11 Å². The van der Waals surface area contributed by atoms with Gasteiger partial charge in [0, 0.05) is 11.3 Å². The van der Waals surface area contributed by atoms with Crippen molar-refractivity contribution in [1.29, 1.82) is 0 Å². The summed E-state index contributed by atoms with van der Waals surface area (Å²) in [5.41, 5.74) is 3.98. The van der Waals surface area contributed by atoms with Crippen LogP contribution in [0.15, 0.2) is 69.2 Å². The summed E-state index contributed by atoms with van der Waals surface area (Å²) in [5, 5.41) is 9.96. The molecule has 0 saturated heterocycles. The highest BCUT2D eigenvalue weighted by Gasteiger charge is 2.21. The van der Waals surface area contributed by atoms with Gasteiger partial charge in [0.15, 0.2) is 5.16 Å². The number of nitrogens with zero attached hydrogens (tertiary/aromatic N) is 4. The lowest BCUT2D eigenvalue weighted by Crippen LogP contribution is -2.23. The van der Waals surface area contributed by atoms with Crippen molar-refractivity contribution in [2.24, 2.45) is 0 Å². The summed E-state index contributed by atoms with van der Waals surface area (Å²) in [4.78, 5) is 25.5. The normalized spacial score (nSPS) is 11.4. The number of furan rings is 1. The maximum absolute atomic E-state index is 13.6. The summed E-state index contributed by atoms with van der Waals surface area (Å²) in [7, 11) is 1.31. The van der Waals surface area contributed by atoms with Gasteiger partial charge in [-0.15, -0.1) is 10.2 Å². The largest absolute Gasteiger partial charge is 0.463 e. The molecule has 5 aromatic rings. The zero-order chi connectivity index (χ0) is 23.1. The Balaban J connectivity index is 1.71. The molecule has 0 atom stereocenters. The zero-order valence-corrected chi connectivity index (χ0v) is 19.0. The van der Waals surface area contributed by atoms with E-state index < -0.39 is 5.97 Å². The van der Waals surface area contributed by atoms with Crippen LogP contribution < -0.4 is 5.56 Å². The lowest BCUT2D eigenvalue weighted by atomic mass is 10.1. The fraction of sp³-hybridized carbons (Fsp3) is 0.167. The first-order valence-corrected chi connectivity index (χ1v) is 11.2. The number of hydrogen-bond donors (Lipinski definition) is 0. The molecule has 0 aliphatic heterocycles. The summed E-state index contributed by atoms with van der Waals surface area (Å²) < 4.78 is 13.6. The summed E-state index contributed by atoms with van der Waals surface area (Å²) in [6, 6.07) is 15.0. The molecule has 2 aromatic carbocycles. The molecule has 0 spiro atoms. The van der Waals surface area contributed by atoms with Gasteiger partial charge in [0.25, 0.3) is 5.56 Å². The Morgan fingerprint density at radius 2 is 1.82 bits per heavy atom. The van der Waals surface area contributed by atoms with Crippen LogP contribution in [0.5, 0.6) is 0 Å². The van der Waals surface area contributed by atoms with Crippen LogP contribution in [0.2, 0.25) is 0 Å². The van der Waals surface area contributed by atoms with Crippen LogP contribution in [0.1, 0.15) is 27.2 Å². The van der Waals surface area contributed by atoms with Crippen LogP contribution in [-0.2, 0) is 10.5 Å². The second-order valence-electron chi connectivity index (χ2n) is 7.57. The molecular formula is C24H20N4O4S. The Bertz CT molecular complexity index is 1560. The second-order valence-corrected chi connectivity index (χ2v) is 8.51. The van der Waals surface area contributed by atoms with Gasteiger partial charge in [-0.25, -0.2) is 9.36 Å². The fourth-order valence-corrected chi connectivity index (χ4v) is 4.92. The lowest BCUT2D eigenvalue weighted by molar-refractivity contribution is 0.0564. The number of ether oxygens (including phenoxy) is 1. The summed E-state index contributed by atoms with van der Waals surface area (Å²) in [6.45, 7) is 3.94. The Hall–Kier alpha value is -3.85. The third-order valence-corrected chi connectivity index (χ3v) is 6.51. The van der Waals surface area contributed by atoms with Gasteiger partial charge < -0.3 is 9.15 Å². The van der Waals surface area contributed by atoms with Crippen molar-refractivity contribution < 1.29 is 13.9 Å². The lowest BCUT2D eigenvalue weighted by Gasteiger charge is -2.15. The molecule has 0 bridgehead atoms. The number of aromatic nitrogens is 4. The number of hydrogen-bond acceptors (Lipinski definition) is 7. The van der Waals surface area contributed by atoms with Crippen LogP contribution in [0.3, 0.4) is 0 Å². The van der Waals surface area contributed by atoms with Crippen molar-refractivity contribution in [3.63, 3.8) is 0 Å². The third-order valence-electron chi connectivity index (χ3n) is 5.53. The van der Waals surface area contributed by atoms with E-state index >= 15 is 0 Å². The maximum Gasteiger partial charge on any atom is 0.374 e. The SMILES string of the molecule is COC(=O)c1occc1CSc1nnc2n(-c3c(C)cccc3C)c(=O)c3ccccc3n12. The topological polar surface area (TPSA) is 91.6 Å². The molecule has 0 amide bonds. The van der Waals surface area contributed by atoms with Crippen molar-refractivity contribution in [1.82, 2.24) is 19.2 Å². The highest BCUT2D eigenvalue weighted by atomic mass is 32.2. The van der Waals surface area contributed by atoms with Gasteiger partial charge in [0.2, 0.25) is 11.5 Å². The molecule has 0 unspecified atom stereocenters. The number of rotatable bonds is 5. The molecule has 5 rings (SSSR count). The number of carbonyl (C=O) groups excluding carboxylic acids is 1. The minimum Gasteiger partial charge on any atom is -0.463 e. The molecule has 3 heterocycles. The molecule has 0 radical (unpaired) electrons. The van der Waals surface area contributed by atoms with Gasteiger partial charge in [0.05, 0.1) is 30.0 Å². The molecule has 0 saturated carbocycles. The molecule has 33 heavy (non-hydrogen) atoms. The number of aryl methyl sites for hydroxylation is 2. The molecule has 8 nitrogen and oxygen atoms in total. The van der Waals surface area contributed by atoms with E-state index in [1.54, 1.807) is 16.7 Å². The molecule has 9 heteroatoms. The van der Waals surface area contributed by atoms with Gasteiger partial charge >= 0.3 is 5.97 Å². The van der Waals surface area contributed by atoms with E-state index in [9.17, 15) is 9.59 Å². The molecular weight excluding hydrogens is 440 g/mol. The molecule has 3 aromatic heterocycles. The van der Waals surface area contributed by atoms with E-state index in [4.69, 9.17) is 9.15 Å². The van der Waals surface area contributed by atoms with Crippen molar-refractivity contribution in [3.8, 4) is 5.69 Å². The molecule has 0 N–H and O–H groups in total. The van der Waals surface area contributed by atoms with Crippen LogP contribution >= 0.6 is 11.8 Å². The van der Waals surface area contributed by atoms with Gasteiger partial charge in [-0.1, -0.05) is 42.1 Å². The van der Waals surface area contributed by atoms with Crippen LogP contribution in [0.4, 0.5) is 0 Å². The quantitative estimate of drug-likeness (QED) is 0.285. The first-order valence-electron chi connectivity index (χ1n) is 10.2. The summed E-state index contributed by atoms with van der Waals surface area (Å²) in [5.74, 6) is 0.476.